The van der Waals surface area contributed by atoms with Crippen LogP contribution in [0.4, 0.5) is 0 Å². The Morgan fingerprint density at radius 1 is 1.06 bits per heavy atom. The van der Waals surface area contributed by atoms with Gasteiger partial charge in [0.1, 0.15) is 30.4 Å². The molecule has 0 aromatic carbocycles. The molecule has 2 aromatic rings. The lowest BCUT2D eigenvalue weighted by Gasteiger charge is -2.45. The summed E-state index contributed by atoms with van der Waals surface area (Å²) in [6, 6.07) is 8.01. The highest BCUT2D eigenvalue weighted by Crippen LogP contribution is 2.52. The van der Waals surface area contributed by atoms with Gasteiger partial charge in [0.25, 0.3) is 0 Å². The van der Waals surface area contributed by atoms with E-state index >= 15 is 0 Å². The summed E-state index contributed by atoms with van der Waals surface area (Å²) in [6.07, 6.45) is 2.05. The second-order valence-electron chi connectivity index (χ2n) is 8.59. The largest absolute Gasteiger partial charge is 0.539 e. The molecule has 14 heteroatoms. The van der Waals surface area contributed by atoms with Gasteiger partial charge in [-0.3, -0.25) is 0 Å². The van der Waals surface area contributed by atoms with Gasteiger partial charge in [-0.05, 0) is 22.9 Å². The number of thiophene rings is 2. The van der Waals surface area contributed by atoms with Crippen molar-refractivity contribution in [1.29, 1.82) is 0 Å². The molecular formula is C21H28BrNO10S2. The average Bonchev–Trinajstić information content (AvgIpc) is 3.10. The van der Waals surface area contributed by atoms with Crippen molar-refractivity contribution in [2.75, 3.05) is 14.1 Å². The Morgan fingerprint density at radius 3 is 1.83 bits per heavy atom. The Kier molecular flexibility index (Phi) is 10.2. The third kappa shape index (κ3) is 5.59. The summed E-state index contributed by atoms with van der Waals surface area (Å²) >= 11 is 2.74. The number of epoxide rings is 1. The van der Waals surface area contributed by atoms with E-state index < -0.39 is 23.5 Å². The summed E-state index contributed by atoms with van der Waals surface area (Å²) in [5.74, 6) is -4.57. The van der Waals surface area contributed by atoms with Crippen LogP contribution in [-0.2, 0) is 29.5 Å². The van der Waals surface area contributed by atoms with Gasteiger partial charge in [-0.15, -0.1) is 39.7 Å². The summed E-state index contributed by atoms with van der Waals surface area (Å²) < 4.78 is 12.6. The number of piperidine rings is 1. The molecule has 0 radical (unpaired) electrons. The first-order valence-corrected chi connectivity index (χ1v) is 11.8. The number of morpholine rings is 1. The number of hydrogen-bond acceptors (Lipinski definition) is 9. The zero-order valence-electron chi connectivity index (χ0n) is 18.8. The van der Waals surface area contributed by atoms with Crippen molar-refractivity contribution >= 4 is 57.6 Å². The highest BCUT2D eigenvalue weighted by Gasteiger charge is 2.71. The van der Waals surface area contributed by atoms with Crippen molar-refractivity contribution in [3.05, 3.63) is 44.8 Å². The number of fused-ring (bicyclic) bond motifs is 5. The number of esters is 1. The number of carbonyl (C=O) groups excluding carboxylic acids is 2. The van der Waals surface area contributed by atoms with Crippen LogP contribution in [0, 0.1) is 0 Å². The Hall–Kier alpha value is -1.91. The van der Waals surface area contributed by atoms with Gasteiger partial charge >= 0.3 is 11.9 Å². The number of nitrogens with zero attached hydrogens (tertiary/aromatic N) is 1. The minimum atomic E-state index is -2.07. The summed E-state index contributed by atoms with van der Waals surface area (Å²) in [7, 11) is 4.49. The number of hydrogen-bond donors (Lipinski definition) is 2. The molecule has 0 spiro atoms. The minimum absolute atomic E-state index is 0. The standard InChI is InChI=1S/C19H22NO4S2.C2H2O4.BrH.2H2O/c1-20(2)12-9-11(10-13(20)17-16(12)24-17)23-18(21)19(22,14-5-3-7-25-14)15-6-4-8-26-15;3-1(4)2(5)6;;;/h3-8,11-13,16-17,22H,9-10H2,1-2H3;(H,3,4)(H,5,6);1H;2*1H2/q+1;;;;/p-1/t11?,12-,13+,16-,17+;;;;. The van der Waals surface area contributed by atoms with E-state index in [0.29, 0.717) is 34.0 Å². The Balaban J connectivity index is 0.000000614. The molecule has 1 unspecified atom stereocenters. The zero-order chi connectivity index (χ0) is 23.3. The van der Waals surface area contributed by atoms with Crippen LogP contribution in [0.2, 0.25) is 0 Å². The number of aliphatic hydroxyl groups is 1. The molecule has 3 fully saturated rings. The molecule has 3 aliphatic rings. The quantitative estimate of drug-likeness (QED) is 0.195. The molecular weight excluding hydrogens is 570 g/mol. The van der Waals surface area contributed by atoms with Crippen LogP contribution in [0.15, 0.2) is 35.0 Å². The maximum atomic E-state index is 13.1. The fourth-order valence-electron chi connectivity index (χ4n) is 4.83. The van der Waals surface area contributed by atoms with Crippen molar-refractivity contribution in [2.45, 2.75) is 48.8 Å². The van der Waals surface area contributed by atoms with Gasteiger partial charge in [-0.1, -0.05) is 12.1 Å². The van der Waals surface area contributed by atoms with E-state index in [1.807, 2.05) is 22.9 Å². The van der Waals surface area contributed by atoms with Gasteiger partial charge < -0.3 is 45.0 Å². The SMILES string of the molecule is Br.C[N+]1(C)[C@@H]2CC(OC(=O)C(O)(c3cccs3)c3cccs3)C[C@H]1[C@@H]1O[C@@H]12.O.O.O=C([O-])C(=O)O. The number of carboxylic acid groups (broad SMARTS) is 2. The first kappa shape index (κ1) is 31.1. The molecule has 0 aliphatic carbocycles. The number of quaternary nitrogens is 1. The van der Waals surface area contributed by atoms with Crippen LogP contribution in [-0.4, -0.2) is 88.0 Å². The maximum Gasteiger partial charge on any atom is 0.351 e. The van der Waals surface area contributed by atoms with Gasteiger partial charge in [-0.25, -0.2) is 9.59 Å². The topological polar surface area (TPSA) is 199 Å². The van der Waals surface area contributed by atoms with Crippen LogP contribution >= 0.6 is 39.7 Å². The van der Waals surface area contributed by atoms with Gasteiger partial charge in [-0.2, -0.15) is 0 Å². The van der Waals surface area contributed by atoms with E-state index in [1.165, 1.54) is 22.7 Å². The number of halogens is 1. The summed E-state index contributed by atoms with van der Waals surface area (Å²) in [6.45, 7) is 0. The summed E-state index contributed by atoms with van der Waals surface area (Å²) in [5, 5.41) is 31.4. The number of ether oxygens (including phenoxy) is 2. The van der Waals surface area contributed by atoms with Gasteiger partial charge in [0.2, 0.25) is 5.60 Å². The van der Waals surface area contributed by atoms with Crippen molar-refractivity contribution in [2.24, 2.45) is 0 Å². The molecule has 11 nitrogen and oxygen atoms in total. The Morgan fingerprint density at radius 2 is 1.49 bits per heavy atom. The Labute approximate surface area is 219 Å². The van der Waals surface area contributed by atoms with Crippen molar-refractivity contribution in [3.8, 4) is 0 Å². The fraction of sp³-hybridized carbons (Fsp3) is 0.476. The second kappa shape index (κ2) is 11.4. The first-order valence-electron chi connectivity index (χ1n) is 10.0. The zero-order valence-corrected chi connectivity index (χ0v) is 22.1. The lowest BCUT2D eigenvalue weighted by atomic mass is 9.95. The molecule has 5 heterocycles. The van der Waals surface area contributed by atoms with Crippen LogP contribution in [0.5, 0.6) is 0 Å². The lowest BCUT2D eigenvalue weighted by Crippen LogP contribution is -2.60. The average molecular weight is 598 g/mol. The molecule has 3 aliphatic heterocycles. The molecule has 35 heavy (non-hydrogen) atoms. The van der Waals surface area contributed by atoms with E-state index in [4.69, 9.17) is 29.3 Å². The number of carbonyl (C=O) groups is 3. The molecule has 5 rings (SSSR count). The molecule has 0 amide bonds. The molecule has 2 aromatic heterocycles. The number of rotatable bonds is 4. The summed E-state index contributed by atoms with van der Waals surface area (Å²) in [5.41, 5.74) is -1.72. The van der Waals surface area contributed by atoms with Crippen molar-refractivity contribution in [1.82, 2.24) is 0 Å². The molecule has 196 valence electrons. The van der Waals surface area contributed by atoms with Crippen molar-refractivity contribution < 1.29 is 54.6 Å². The molecule has 0 saturated carbocycles. The van der Waals surface area contributed by atoms with E-state index in [2.05, 4.69) is 14.1 Å². The van der Waals surface area contributed by atoms with Gasteiger partial charge in [0, 0.05) is 12.8 Å². The fourth-order valence-corrected chi connectivity index (χ4v) is 6.54. The lowest BCUT2D eigenvalue weighted by molar-refractivity contribution is -0.938. The molecule has 2 bridgehead atoms. The number of carboxylic acids is 2. The van der Waals surface area contributed by atoms with E-state index in [1.54, 1.807) is 12.1 Å². The highest BCUT2D eigenvalue weighted by atomic mass is 79.9. The Bertz CT molecular complexity index is 947. The maximum absolute atomic E-state index is 13.1. The number of aliphatic carboxylic acids is 2. The van der Waals surface area contributed by atoms with Crippen LogP contribution in [0.25, 0.3) is 0 Å². The smallest absolute Gasteiger partial charge is 0.351 e. The number of likely N-dealkylation sites (N-methyl/N-ethyl adjacent to an activating group) is 1. The van der Waals surface area contributed by atoms with Crippen LogP contribution in [0.1, 0.15) is 22.6 Å². The molecule has 6 N–H and O–H groups in total. The molecule has 3 saturated heterocycles. The third-order valence-electron chi connectivity index (χ3n) is 6.54. The highest BCUT2D eigenvalue weighted by molar-refractivity contribution is 8.93. The predicted octanol–water partition coefficient (Wildman–Crippen LogP) is -0.905. The minimum Gasteiger partial charge on any atom is -0.539 e. The van der Waals surface area contributed by atoms with Gasteiger partial charge in [0.05, 0.1) is 23.8 Å². The van der Waals surface area contributed by atoms with E-state index in [9.17, 15) is 9.90 Å². The van der Waals surface area contributed by atoms with Crippen LogP contribution < -0.4 is 5.11 Å². The van der Waals surface area contributed by atoms with Crippen LogP contribution in [0.3, 0.4) is 0 Å². The normalized spacial score (nSPS) is 26.8. The third-order valence-corrected chi connectivity index (χ3v) is 8.49. The second-order valence-corrected chi connectivity index (χ2v) is 10.5. The van der Waals surface area contributed by atoms with E-state index in [-0.39, 0.29) is 34.0 Å². The van der Waals surface area contributed by atoms with Gasteiger partial charge in [0.15, 0.2) is 5.97 Å². The predicted molar refractivity (Wildman–Crippen MR) is 129 cm³/mol. The van der Waals surface area contributed by atoms with Crippen molar-refractivity contribution in [3.63, 3.8) is 0 Å². The van der Waals surface area contributed by atoms with E-state index in [0.717, 1.165) is 17.3 Å². The monoisotopic (exact) mass is 597 g/mol. The molecule has 5 atom stereocenters. The summed E-state index contributed by atoms with van der Waals surface area (Å²) in [4.78, 5) is 32.4. The first-order chi connectivity index (χ1) is 15.1.